The van der Waals surface area contributed by atoms with Crippen LogP contribution in [-0.2, 0) is 4.79 Å². The van der Waals surface area contributed by atoms with Crippen LogP contribution in [0, 0.1) is 34.5 Å². The molecule has 0 saturated heterocycles. The van der Waals surface area contributed by atoms with Crippen molar-refractivity contribution in [1.82, 2.24) is 0 Å². The van der Waals surface area contributed by atoms with E-state index in [-0.39, 0.29) is 16.7 Å². The van der Waals surface area contributed by atoms with Gasteiger partial charge >= 0.3 is 5.97 Å². The van der Waals surface area contributed by atoms with E-state index in [0.717, 1.165) is 37.7 Å². The lowest BCUT2D eigenvalue weighted by atomic mass is 9.43. The summed E-state index contributed by atoms with van der Waals surface area (Å²) in [5.41, 5.74) is 0.696. The van der Waals surface area contributed by atoms with Gasteiger partial charge in [0.1, 0.15) is 0 Å². The van der Waals surface area contributed by atoms with Crippen molar-refractivity contribution in [1.29, 1.82) is 0 Å². The lowest BCUT2D eigenvalue weighted by Gasteiger charge is -2.62. The number of aliphatic hydroxyl groups excluding tert-OH is 2. The maximum Gasteiger partial charge on any atom is 0.306 e. The summed E-state index contributed by atoms with van der Waals surface area (Å²) in [6, 6.07) is 0. The first kappa shape index (κ1) is 15.6. The minimum Gasteiger partial charge on any atom is -0.481 e. The molecular weight excluding hydrogens is 292 g/mol. The Labute approximate surface area is 137 Å². The van der Waals surface area contributed by atoms with Gasteiger partial charge in [0.2, 0.25) is 0 Å². The van der Waals surface area contributed by atoms with Gasteiger partial charge in [0.25, 0.3) is 0 Å². The van der Waals surface area contributed by atoms with Crippen molar-refractivity contribution in [3.63, 3.8) is 0 Å². The molecule has 128 valence electrons. The number of carbonyl (C=O) groups is 1. The van der Waals surface area contributed by atoms with Crippen LogP contribution in [-0.4, -0.2) is 33.5 Å². The van der Waals surface area contributed by atoms with E-state index in [1.165, 1.54) is 0 Å². The van der Waals surface area contributed by atoms with Gasteiger partial charge in [-0.1, -0.05) is 13.5 Å². The number of hydrogen-bond acceptors (Lipinski definition) is 3. The predicted octanol–water partition coefficient (Wildman–Crippen LogP) is 2.59. The largest absolute Gasteiger partial charge is 0.481 e. The minimum absolute atomic E-state index is 0.120. The second-order valence-electron chi connectivity index (χ2n) is 8.93. The van der Waals surface area contributed by atoms with Gasteiger partial charge in [0.05, 0.1) is 18.1 Å². The number of hydrogen-bond donors (Lipinski definition) is 3. The quantitative estimate of drug-likeness (QED) is 0.649. The Bertz CT molecular complexity index is 558. The molecule has 4 fully saturated rings. The normalized spacial score (nSPS) is 55.2. The molecule has 2 bridgehead atoms. The van der Waals surface area contributed by atoms with E-state index in [9.17, 15) is 20.1 Å². The van der Waals surface area contributed by atoms with Crippen LogP contribution in [0.5, 0.6) is 0 Å². The molecule has 4 rings (SSSR count). The monoisotopic (exact) mass is 320 g/mol. The molecule has 0 aromatic carbocycles. The Morgan fingerprint density at radius 1 is 1.22 bits per heavy atom. The van der Waals surface area contributed by atoms with Gasteiger partial charge in [0.15, 0.2) is 0 Å². The molecule has 0 amide bonds. The van der Waals surface area contributed by atoms with Gasteiger partial charge in [-0.3, -0.25) is 4.79 Å². The number of rotatable bonds is 1. The maximum atomic E-state index is 11.8. The van der Waals surface area contributed by atoms with Crippen molar-refractivity contribution in [3.05, 3.63) is 12.2 Å². The van der Waals surface area contributed by atoms with Gasteiger partial charge in [-0.15, -0.1) is 0 Å². The Hall–Kier alpha value is -0.870. The van der Waals surface area contributed by atoms with Crippen molar-refractivity contribution in [2.45, 2.75) is 64.1 Å². The van der Waals surface area contributed by atoms with Crippen molar-refractivity contribution < 1.29 is 20.1 Å². The number of carboxylic acid groups (broad SMARTS) is 1. The summed E-state index contributed by atoms with van der Waals surface area (Å²) in [6.07, 6.45) is 4.94. The average Bonchev–Trinajstić information content (AvgIpc) is 2.66. The Kier molecular flexibility index (Phi) is 3.28. The van der Waals surface area contributed by atoms with Crippen LogP contribution >= 0.6 is 0 Å². The van der Waals surface area contributed by atoms with E-state index in [0.29, 0.717) is 24.7 Å². The standard InChI is InChI=1S/C19H28O4/c1-10-11-3-4-15-18(2)9-12(20)7-13(17(22)23)14(18)5-6-19(15,8-11)16(10)21/h11-16,20-21H,1,3-9H2,2H3,(H,22,23)/t11-,12-,13+,14-,15+,16+,18-,19-/m1/s1. The van der Waals surface area contributed by atoms with Crippen LogP contribution in [0.15, 0.2) is 12.2 Å². The molecule has 3 N–H and O–H groups in total. The van der Waals surface area contributed by atoms with Crippen molar-refractivity contribution in [3.8, 4) is 0 Å². The van der Waals surface area contributed by atoms with Gasteiger partial charge in [-0.2, -0.15) is 0 Å². The zero-order valence-corrected chi connectivity index (χ0v) is 13.9. The molecule has 0 aliphatic heterocycles. The highest BCUT2D eigenvalue weighted by molar-refractivity contribution is 5.71. The molecule has 4 nitrogen and oxygen atoms in total. The molecule has 0 unspecified atom stereocenters. The molecule has 0 radical (unpaired) electrons. The average molecular weight is 320 g/mol. The van der Waals surface area contributed by atoms with Crippen molar-refractivity contribution in [2.24, 2.45) is 34.5 Å². The molecular formula is C19H28O4. The Morgan fingerprint density at radius 3 is 2.65 bits per heavy atom. The Balaban J connectivity index is 1.76. The fourth-order valence-electron chi connectivity index (χ4n) is 7.26. The number of aliphatic carboxylic acids is 1. The van der Waals surface area contributed by atoms with Crippen molar-refractivity contribution >= 4 is 5.97 Å². The number of aliphatic hydroxyl groups is 2. The number of carboxylic acids is 1. The molecule has 0 aromatic rings. The molecule has 4 heteroatoms. The lowest BCUT2D eigenvalue weighted by Crippen LogP contribution is -2.59. The highest BCUT2D eigenvalue weighted by Crippen LogP contribution is 2.70. The summed E-state index contributed by atoms with van der Waals surface area (Å²) in [7, 11) is 0. The fraction of sp³-hybridized carbons (Fsp3) is 0.842. The topological polar surface area (TPSA) is 77.8 Å². The van der Waals surface area contributed by atoms with Crippen LogP contribution in [0.2, 0.25) is 0 Å². The molecule has 1 spiro atoms. The summed E-state index contributed by atoms with van der Waals surface area (Å²) in [6.45, 7) is 6.35. The third kappa shape index (κ3) is 1.88. The van der Waals surface area contributed by atoms with Crippen LogP contribution in [0.1, 0.15) is 51.9 Å². The zero-order valence-electron chi connectivity index (χ0n) is 13.9. The smallest absolute Gasteiger partial charge is 0.306 e. The SMILES string of the molecule is C=C1[C@@H]2CC[C@H]3[C@]4(C)C[C@H](O)C[C@H](C(=O)O)[C@H]4CC[C@]3(C2)[C@H]1O. The van der Waals surface area contributed by atoms with Gasteiger partial charge < -0.3 is 15.3 Å². The molecule has 4 aliphatic rings. The summed E-state index contributed by atoms with van der Waals surface area (Å²) >= 11 is 0. The fourth-order valence-corrected chi connectivity index (χ4v) is 7.26. The molecule has 4 aliphatic carbocycles. The molecule has 0 heterocycles. The molecule has 0 aromatic heterocycles. The first-order chi connectivity index (χ1) is 10.8. The summed E-state index contributed by atoms with van der Waals surface area (Å²) in [5, 5.41) is 30.9. The Morgan fingerprint density at radius 2 is 1.96 bits per heavy atom. The highest BCUT2D eigenvalue weighted by atomic mass is 16.4. The first-order valence-corrected chi connectivity index (χ1v) is 9.07. The first-order valence-electron chi connectivity index (χ1n) is 9.07. The molecule has 8 atom stereocenters. The second kappa shape index (κ2) is 4.82. The van der Waals surface area contributed by atoms with E-state index < -0.39 is 24.1 Å². The highest BCUT2D eigenvalue weighted by Gasteiger charge is 2.66. The third-order valence-corrected chi connectivity index (χ3v) is 8.11. The van der Waals surface area contributed by atoms with Crippen molar-refractivity contribution in [2.75, 3.05) is 0 Å². The van der Waals surface area contributed by atoms with Crippen LogP contribution < -0.4 is 0 Å². The lowest BCUT2D eigenvalue weighted by molar-refractivity contribution is -0.184. The maximum absolute atomic E-state index is 11.8. The van der Waals surface area contributed by atoms with Gasteiger partial charge in [0, 0.05) is 5.41 Å². The summed E-state index contributed by atoms with van der Waals surface area (Å²) in [4.78, 5) is 11.8. The zero-order chi connectivity index (χ0) is 16.6. The third-order valence-electron chi connectivity index (χ3n) is 8.11. The molecule has 23 heavy (non-hydrogen) atoms. The summed E-state index contributed by atoms with van der Waals surface area (Å²) in [5.74, 6) is -0.348. The number of fused-ring (bicyclic) bond motifs is 3. The van der Waals surface area contributed by atoms with Gasteiger partial charge in [-0.05, 0) is 73.7 Å². The van der Waals surface area contributed by atoms with Crippen LogP contribution in [0.3, 0.4) is 0 Å². The predicted molar refractivity (Wildman–Crippen MR) is 85.6 cm³/mol. The van der Waals surface area contributed by atoms with Crippen LogP contribution in [0.25, 0.3) is 0 Å². The van der Waals surface area contributed by atoms with E-state index >= 15 is 0 Å². The van der Waals surface area contributed by atoms with E-state index in [1.807, 2.05) is 0 Å². The van der Waals surface area contributed by atoms with E-state index in [4.69, 9.17) is 0 Å². The minimum atomic E-state index is -0.763. The van der Waals surface area contributed by atoms with E-state index in [1.54, 1.807) is 0 Å². The summed E-state index contributed by atoms with van der Waals surface area (Å²) < 4.78 is 0. The van der Waals surface area contributed by atoms with Crippen LogP contribution in [0.4, 0.5) is 0 Å². The van der Waals surface area contributed by atoms with E-state index in [2.05, 4.69) is 13.5 Å². The molecule has 4 saturated carbocycles. The van der Waals surface area contributed by atoms with Gasteiger partial charge in [-0.25, -0.2) is 0 Å². The second-order valence-corrected chi connectivity index (χ2v) is 8.93.